The van der Waals surface area contributed by atoms with Gasteiger partial charge in [0.15, 0.2) is 11.0 Å². The van der Waals surface area contributed by atoms with Crippen molar-refractivity contribution in [3.63, 3.8) is 0 Å². The SMILES string of the molecule is C=C(C)C(=O)Nc1cccc2c(=O)c(C)c(-c3ccccc3)oc12. The van der Waals surface area contributed by atoms with E-state index in [1.165, 1.54) is 0 Å². The smallest absolute Gasteiger partial charge is 0.250 e. The number of hydrogen-bond acceptors (Lipinski definition) is 3. The highest BCUT2D eigenvalue weighted by atomic mass is 16.3. The molecule has 0 unspecified atom stereocenters. The van der Waals surface area contributed by atoms with Crippen LogP contribution in [0.1, 0.15) is 12.5 Å². The van der Waals surface area contributed by atoms with Crippen molar-refractivity contribution in [2.45, 2.75) is 13.8 Å². The van der Waals surface area contributed by atoms with Crippen molar-refractivity contribution in [3.05, 3.63) is 76.5 Å². The van der Waals surface area contributed by atoms with Gasteiger partial charge in [-0.25, -0.2) is 0 Å². The fraction of sp³-hybridized carbons (Fsp3) is 0.100. The molecule has 0 atom stereocenters. The largest absolute Gasteiger partial charge is 0.453 e. The molecule has 4 heteroatoms. The molecule has 0 spiro atoms. The van der Waals surface area contributed by atoms with Crippen LogP contribution in [0.5, 0.6) is 0 Å². The fourth-order valence-corrected chi connectivity index (χ4v) is 2.50. The van der Waals surface area contributed by atoms with Gasteiger partial charge in [0.05, 0.1) is 11.1 Å². The van der Waals surface area contributed by atoms with Gasteiger partial charge in [0.1, 0.15) is 5.76 Å². The third-order valence-corrected chi connectivity index (χ3v) is 3.82. The quantitative estimate of drug-likeness (QED) is 0.733. The second-order valence-corrected chi connectivity index (χ2v) is 5.67. The molecule has 1 amide bonds. The Morgan fingerprint density at radius 2 is 1.79 bits per heavy atom. The summed E-state index contributed by atoms with van der Waals surface area (Å²) in [5, 5.41) is 3.18. The number of rotatable bonds is 3. The minimum Gasteiger partial charge on any atom is -0.453 e. The van der Waals surface area contributed by atoms with E-state index in [9.17, 15) is 9.59 Å². The number of carbonyl (C=O) groups is 1. The Bertz CT molecular complexity index is 1000. The molecule has 1 aromatic heterocycles. The van der Waals surface area contributed by atoms with Crippen molar-refractivity contribution in [1.29, 1.82) is 0 Å². The van der Waals surface area contributed by atoms with E-state index in [0.29, 0.717) is 33.6 Å². The molecule has 3 aromatic rings. The van der Waals surface area contributed by atoms with Gasteiger partial charge in [0.25, 0.3) is 5.91 Å². The third-order valence-electron chi connectivity index (χ3n) is 3.82. The van der Waals surface area contributed by atoms with E-state index in [2.05, 4.69) is 11.9 Å². The standard InChI is InChI=1S/C20H17NO3/c1-12(2)20(23)21-16-11-7-10-15-17(22)13(3)18(24-19(15)16)14-8-5-4-6-9-14/h4-11H,1H2,2-3H3,(H,21,23). The molecule has 120 valence electrons. The van der Waals surface area contributed by atoms with E-state index in [1.54, 1.807) is 32.0 Å². The first-order valence-electron chi connectivity index (χ1n) is 7.57. The zero-order chi connectivity index (χ0) is 17.3. The van der Waals surface area contributed by atoms with Crippen LogP contribution in [0.3, 0.4) is 0 Å². The van der Waals surface area contributed by atoms with Crippen LogP contribution in [0.25, 0.3) is 22.3 Å². The molecule has 0 aliphatic heterocycles. The van der Waals surface area contributed by atoms with Gasteiger partial charge in [-0.05, 0) is 26.0 Å². The number of benzene rings is 2. The summed E-state index contributed by atoms with van der Waals surface area (Å²) in [6.45, 7) is 6.99. The molecule has 0 saturated carbocycles. The first-order chi connectivity index (χ1) is 11.5. The van der Waals surface area contributed by atoms with Crippen molar-refractivity contribution < 1.29 is 9.21 Å². The molecule has 3 rings (SSSR count). The highest BCUT2D eigenvalue weighted by molar-refractivity contribution is 6.07. The minimum absolute atomic E-state index is 0.110. The zero-order valence-corrected chi connectivity index (χ0v) is 13.6. The maximum atomic E-state index is 12.7. The second kappa shape index (κ2) is 6.16. The molecule has 0 radical (unpaired) electrons. The summed E-state index contributed by atoms with van der Waals surface area (Å²) in [5.74, 6) is 0.192. The Balaban J connectivity index is 2.26. The van der Waals surface area contributed by atoms with E-state index in [4.69, 9.17) is 4.42 Å². The van der Waals surface area contributed by atoms with Crippen molar-refractivity contribution in [2.24, 2.45) is 0 Å². The molecule has 1 heterocycles. The van der Waals surface area contributed by atoms with Gasteiger partial charge >= 0.3 is 0 Å². The Labute approximate surface area is 139 Å². The maximum Gasteiger partial charge on any atom is 0.250 e. The van der Waals surface area contributed by atoms with Crippen LogP contribution in [-0.4, -0.2) is 5.91 Å². The Morgan fingerprint density at radius 3 is 2.46 bits per heavy atom. The van der Waals surface area contributed by atoms with Crippen LogP contribution in [0.2, 0.25) is 0 Å². The lowest BCUT2D eigenvalue weighted by atomic mass is 10.1. The van der Waals surface area contributed by atoms with Gasteiger partial charge in [-0.3, -0.25) is 9.59 Å². The number of hydrogen-bond donors (Lipinski definition) is 1. The van der Waals surface area contributed by atoms with E-state index in [0.717, 1.165) is 5.56 Å². The van der Waals surface area contributed by atoms with Crippen molar-refractivity contribution in [2.75, 3.05) is 5.32 Å². The number of para-hydroxylation sites is 1. The van der Waals surface area contributed by atoms with Crippen LogP contribution in [0, 0.1) is 6.92 Å². The maximum absolute atomic E-state index is 12.7. The summed E-state index contributed by atoms with van der Waals surface area (Å²) in [7, 11) is 0. The van der Waals surface area contributed by atoms with Crippen LogP contribution < -0.4 is 10.7 Å². The number of nitrogens with one attached hydrogen (secondary N) is 1. The number of carbonyl (C=O) groups excluding carboxylic acids is 1. The Hall–Kier alpha value is -3.14. The Morgan fingerprint density at radius 1 is 1.08 bits per heavy atom. The molecule has 0 aliphatic carbocycles. The monoisotopic (exact) mass is 319 g/mol. The van der Waals surface area contributed by atoms with Gasteiger partial charge in [0, 0.05) is 16.7 Å². The lowest BCUT2D eigenvalue weighted by Gasteiger charge is -2.11. The third kappa shape index (κ3) is 2.74. The van der Waals surface area contributed by atoms with Gasteiger partial charge in [-0.15, -0.1) is 0 Å². The van der Waals surface area contributed by atoms with Gasteiger partial charge in [-0.2, -0.15) is 0 Å². The number of anilines is 1. The van der Waals surface area contributed by atoms with Crippen LogP contribution in [-0.2, 0) is 4.79 Å². The average molecular weight is 319 g/mol. The molecule has 4 nitrogen and oxygen atoms in total. The molecule has 24 heavy (non-hydrogen) atoms. The highest BCUT2D eigenvalue weighted by Gasteiger charge is 2.16. The normalized spacial score (nSPS) is 10.6. The molecule has 1 N–H and O–H groups in total. The molecule has 0 bridgehead atoms. The molecule has 0 fully saturated rings. The summed E-state index contributed by atoms with van der Waals surface area (Å²) in [6, 6.07) is 14.5. The lowest BCUT2D eigenvalue weighted by Crippen LogP contribution is -2.14. The first-order valence-corrected chi connectivity index (χ1v) is 7.57. The molecule has 0 saturated heterocycles. The van der Waals surface area contributed by atoms with E-state index in [-0.39, 0.29) is 11.3 Å². The summed E-state index contributed by atoms with van der Waals surface area (Å²) in [5.41, 5.74) is 2.44. The summed E-state index contributed by atoms with van der Waals surface area (Å²) >= 11 is 0. The van der Waals surface area contributed by atoms with Gasteiger partial charge in [0.2, 0.25) is 0 Å². The highest BCUT2D eigenvalue weighted by Crippen LogP contribution is 2.29. The van der Waals surface area contributed by atoms with Crippen molar-refractivity contribution in [3.8, 4) is 11.3 Å². The van der Waals surface area contributed by atoms with Crippen LogP contribution in [0.4, 0.5) is 5.69 Å². The van der Waals surface area contributed by atoms with Crippen LogP contribution >= 0.6 is 0 Å². The fourth-order valence-electron chi connectivity index (χ4n) is 2.50. The van der Waals surface area contributed by atoms with Gasteiger partial charge in [-0.1, -0.05) is 43.0 Å². The second-order valence-electron chi connectivity index (χ2n) is 5.67. The van der Waals surface area contributed by atoms with Crippen molar-refractivity contribution >= 4 is 22.6 Å². The summed E-state index contributed by atoms with van der Waals surface area (Å²) in [4.78, 5) is 24.6. The predicted octanol–water partition coefficient (Wildman–Crippen LogP) is 4.28. The average Bonchev–Trinajstić information content (AvgIpc) is 2.59. The Kier molecular flexibility index (Phi) is 4.04. The predicted molar refractivity (Wildman–Crippen MR) is 96.1 cm³/mol. The minimum atomic E-state index is -0.313. The summed E-state index contributed by atoms with van der Waals surface area (Å²) < 4.78 is 6.03. The molecular formula is C20H17NO3. The first kappa shape index (κ1) is 15.7. The van der Waals surface area contributed by atoms with E-state index < -0.39 is 0 Å². The number of amides is 1. The van der Waals surface area contributed by atoms with Gasteiger partial charge < -0.3 is 9.73 Å². The molecular weight excluding hydrogens is 302 g/mol. The summed E-state index contributed by atoms with van der Waals surface area (Å²) in [6.07, 6.45) is 0. The number of fused-ring (bicyclic) bond motifs is 1. The van der Waals surface area contributed by atoms with E-state index >= 15 is 0 Å². The zero-order valence-electron chi connectivity index (χ0n) is 13.6. The van der Waals surface area contributed by atoms with E-state index in [1.807, 2.05) is 30.3 Å². The molecule has 2 aromatic carbocycles. The van der Waals surface area contributed by atoms with Crippen molar-refractivity contribution in [1.82, 2.24) is 0 Å². The molecule has 0 aliphatic rings. The lowest BCUT2D eigenvalue weighted by molar-refractivity contribution is -0.112. The topological polar surface area (TPSA) is 59.3 Å². The van der Waals surface area contributed by atoms with Crippen LogP contribution in [0.15, 0.2) is 69.9 Å².